The first kappa shape index (κ1) is 10.3. The number of rotatable bonds is 6. The Labute approximate surface area is 78.8 Å². The van der Waals surface area contributed by atoms with Crippen molar-refractivity contribution in [3.63, 3.8) is 0 Å². The Bertz CT molecular complexity index is 233. The summed E-state index contributed by atoms with van der Waals surface area (Å²) in [6, 6.07) is 3.94. The average molecular weight is 183 g/mol. The van der Waals surface area contributed by atoms with Crippen LogP contribution in [0.5, 0.6) is 0 Å². The topological polar surface area (TPSA) is 45.4 Å². The van der Waals surface area contributed by atoms with E-state index in [0.717, 1.165) is 37.5 Å². The first-order valence-corrected chi connectivity index (χ1v) is 4.70. The molecule has 0 amide bonds. The Balaban J connectivity index is 2.06. The van der Waals surface area contributed by atoms with Crippen LogP contribution in [0, 0.1) is 6.92 Å². The average Bonchev–Trinajstić information content (AvgIpc) is 2.51. The lowest BCUT2D eigenvalue weighted by Crippen LogP contribution is -2.14. The summed E-state index contributed by atoms with van der Waals surface area (Å²) in [7, 11) is 0. The van der Waals surface area contributed by atoms with Crippen molar-refractivity contribution in [1.82, 2.24) is 5.32 Å². The highest BCUT2D eigenvalue weighted by atomic mass is 16.3. The Morgan fingerprint density at radius 3 is 2.85 bits per heavy atom. The lowest BCUT2D eigenvalue weighted by molar-refractivity contribution is 0.283. The van der Waals surface area contributed by atoms with E-state index in [1.54, 1.807) is 0 Å². The van der Waals surface area contributed by atoms with Gasteiger partial charge < -0.3 is 14.8 Å². The van der Waals surface area contributed by atoms with Gasteiger partial charge in [0.2, 0.25) is 0 Å². The van der Waals surface area contributed by atoms with Gasteiger partial charge in [0.05, 0.1) is 6.54 Å². The number of furan rings is 1. The molecule has 0 fully saturated rings. The van der Waals surface area contributed by atoms with Crippen LogP contribution >= 0.6 is 0 Å². The molecule has 0 spiro atoms. The highest BCUT2D eigenvalue weighted by Crippen LogP contribution is 2.05. The van der Waals surface area contributed by atoms with Gasteiger partial charge in [-0.3, -0.25) is 0 Å². The molecule has 3 nitrogen and oxygen atoms in total. The maximum Gasteiger partial charge on any atom is 0.117 e. The van der Waals surface area contributed by atoms with Crippen molar-refractivity contribution < 1.29 is 9.52 Å². The molecule has 0 atom stereocenters. The van der Waals surface area contributed by atoms with E-state index in [1.165, 1.54) is 0 Å². The Morgan fingerprint density at radius 1 is 1.38 bits per heavy atom. The van der Waals surface area contributed by atoms with E-state index in [4.69, 9.17) is 9.52 Å². The second kappa shape index (κ2) is 5.78. The molecule has 0 aliphatic rings. The molecule has 1 rings (SSSR count). The van der Waals surface area contributed by atoms with Crippen LogP contribution in [-0.2, 0) is 6.54 Å². The number of aliphatic hydroxyl groups excluding tert-OH is 1. The Morgan fingerprint density at radius 2 is 2.23 bits per heavy atom. The van der Waals surface area contributed by atoms with Crippen molar-refractivity contribution in [2.45, 2.75) is 26.3 Å². The zero-order valence-corrected chi connectivity index (χ0v) is 8.05. The minimum atomic E-state index is 0.279. The molecule has 0 unspecified atom stereocenters. The fourth-order valence-corrected chi connectivity index (χ4v) is 1.15. The second-order valence-corrected chi connectivity index (χ2v) is 3.12. The van der Waals surface area contributed by atoms with E-state index in [1.807, 2.05) is 19.1 Å². The Kier molecular flexibility index (Phi) is 4.57. The number of aryl methyl sites for hydroxylation is 1. The molecule has 0 aliphatic carbocycles. The summed E-state index contributed by atoms with van der Waals surface area (Å²) in [5.74, 6) is 1.92. The predicted octanol–water partition coefficient (Wildman–Crippen LogP) is 1.45. The van der Waals surface area contributed by atoms with Gasteiger partial charge in [-0.05, 0) is 38.4 Å². The maximum atomic E-state index is 8.54. The molecule has 1 heterocycles. The number of aliphatic hydroxyl groups is 1. The molecule has 0 radical (unpaired) electrons. The van der Waals surface area contributed by atoms with Gasteiger partial charge in [0.1, 0.15) is 11.5 Å². The van der Waals surface area contributed by atoms with Gasteiger partial charge in [0.15, 0.2) is 0 Å². The highest BCUT2D eigenvalue weighted by molar-refractivity contribution is 5.04. The molecule has 13 heavy (non-hydrogen) atoms. The number of hydrogen-bond donors (Lipinski definition) is 2. The van der Waals surface area contributed by atoms with Crippen molar-refractivity contribution in [3.8, 4) is 0 Å². The van der Waals surface area contributed by atoms with Crippen molar-refractivity contribution >= 4 is 0 Å². The fourth-order valence-electron chi connectivity index (χ4n) is 1.15. The summed E-state index contributed by atoms with van der Waals surface area (Å²) in [5.41, 5.74) is 0. The summed E-state index contributed by atoms with van der Waals surface area (Å²) < 4.78 is 5.38. The molecular weight excluding hydrogens is 166 g/mol. The van der Waals surface area contributed by atoms with E-state index in [0.29, 0.717) is 0 Å². The predicted molar refractivity (Wildman–Crippen MR) is 51.5 cm³/mol. The second-order valence-electron chi connectivity index (χ2n) is 3.12. The number of unbranched alkanes of at least 4 members (excludes halogenated alkanes) is 1. The summed E-state index contributed by atoms with van der Waals surface area (Å²) in [4.78, 5) is 0. The smallest absolute Gasteiger partial charge is 0.117 e. The van der Waals surface area contributed by atoms with Crippen LogP contribution in [0.25, 0.3) is 0 Å². The van der Waals surface area contributed by atoms with Crippen LogP contribution in [0.2, 0.25) is 0 Å². The van der Waals surface area contributed by atoms with Crippen molar-refractivity contribution in [1.29, 1.82) is 0 Å². The molecular formula is C10H17NO2. The summed E-state index contributed by atoms with van der Waals surface area (Å²) in [5, 5.41) is 11.8. The van der Waals surface area contributed by atoms with E-state index in [9.17, 15) is 0 Å². The SMILES string of the molecule is Cc1ccc(CNCCCCO)o1. The molecule has 0 saturated carbocycles. The van der Waals surface area contributed by atoms with Gasteiger partial charge in [-0.1, -0.05) is 0 Å². The van der Waals surface area contributed by atoms with Crippen LogP contribution in [0.15, 0.2) is 16.5 Å². The molecule has 0 bridgehead atoms. The van der Waals surface area contributed by atoms with Gasteiger partial charge >= 0.3 is 0 Å². The van der Waals surface area contributed by atoms with Gasteiger partial charge in [-0.15, -0.1) is 0 Å². The standard InChI is InChI=1S/C10H17NO2/c1-9-4-5-10(13-9)8-11-6-2-3-7-12/h4-5,11-12H,2-3,6-8H2,1H3. The third-order valence-electron chi connectivity index (χ3n) is 1.86. The molecule has 74 valence electrons. The molecule has 3 heteroatoms. The van der Waals surface area contributed by atoms with Gasteiger partial charge in [0, 0.05) is 6.61 Å². The highest BCUT2D eigenvalue weighted by Gasteiger charge is 1.96. The zero-order valence-electron chi connectivity index (χ0n) is 8.05. The van der Waals surface area contributed by atoms with E-state index < -0.39 is 0 Å². The largest absolute Gasteiger partial charge is 0.465 e. The minimum absolute atomic E-state index is 0.279. The zero-order chi connectivity index (χ0) is 9.52. The normalized spacial score (nSPS) is 10.6. The molecule has 0 aromatic carbocycles. The first-order valence-electron chi connectivity index (χ1n) is 4.70. The van der Waals surface area contributed by atoms with Crippen LogP contribution < -0.4 is 5.32 Å². The van der Waals surface area contributed by atoms with Crippen LogP contribution in [0.3, 0.4) is 0 Å². The minimum Gasteiger partial charge on any atom is -0.465 e. The summed E-state index contributed by atoms with van der Waals surface area (Å²) >= 11 is 0. The van der Waals surface area contributed by atoms with Crippen LogP contribution in [0.4, 0.5) is 0 Å². The third kappa shape index (κ3) is 4.10. The van der Waals surface area contributed by atoms with Crippen molar-refractivity contribution in [3.05, 3.63) is 23.7 Å². The third-order valence-corrected chi connectivity index (χ3v) is 1.86. The van der Waals surface area contributed by atoms with Crippen LogP contribution in [-0.4, -0.2) is 18.3 Å². The van der Waals surface area contributed by atoms with Gasteiger partial charge in [0.25, 0.3) is 0 Å². The molecule has 0 aliphatic heterocycles. The Hall–Kier alpha value is -0.800. The number of nitrogens with one attached hydrogen (secondary N) is 1. The van der Waals surface area contributed by atoms with Gasteiger partial charge in [-0.2, -0.15) is 0 Å². The molecule has 0 saturated heterocycles. The van der Waals surface area contributed by atoms with E-state index in [-0.39, 0.29) is 6.61 Å². The quantitative estimate of drug-likeness (QED) is 0.656. The first-order chi connectivity index (χ1) is 6.33. The number of hydrogen-bond acceptors (Lipinski definition) is 3. The molecule has 1 aromatic rings. The molecule has 1 aromatic heterocycles. The van der Waals surface area contributed by atoms with E-state index >= 15 is 0 Å². The summed E-state index contributed by atoms with van der Waals surface area (Å²) in [6.07, 6.45) is 1.88. The lowest BCUT2D eigenvalue weighted by atomic mass is 10.3. The van der Waals surface area contributed by atoms with Gasteiger partial charge in [-0.25, -0.2) is 0 Å². The van der Waals surface area contributed by atoms with Crippen molar-refractivity contribution in [2.24, 2.45) is 0 Å². The molecule has 2 N–H and O–H groups in total. The van der Waals surface area contributed by atoms with E-state index in [2.05, 4.69) is 5.32 Å². The monoisotopic (exact) mass is 183 g/mol. The fraction of sp³-hybridized carbons (Fsp3) is 0.600. The lowest BCUT2D eigenvalue weighted by Gasteiger charge is -2.00. The summed E-state index contributed by atoms with van der Waals surface area (Å²) in [6.45, 7) is 3.93. The van der Waals surface area contributed by atoms with Crippen molar-refractivity contribution in [2.75, 3.05) is 13.2 Å². The van der Waals surface area contributed by atoms with Crippen LogP contribution in [0.1, 0.15) is 24.4 Å². The maximum absolute atomic E-state index is 8.54.